The fourth-order valence-corrected chi connectivity index (χ4v) is 0.840. The third kappa shape index (κ3) is 2.54. The highest BCUT2D eigenvalue weighted by molar-refractivity contribution is 5.92. The number of rotatable bonds is 2. The molecule has 1 N–H and O–H groups in total. The van der Waals surface area contributed by atoms with E-state index in [1.807, 2.05) is 0 Å². The summed E-state index contributed by atoms with van der Waals surface area (Å²) < 4.78 is 13.0. The molecular formula is C10H14FNO. The molecule has 0 radical (unpaired) electrons. The topological polar surface area (TPSA) is 29.1 Å². The summed E-state index contributed by atoms with van der Waals surface area (Å²) in [6.07, 6.45) is 0. The van der Waals surface area contributed by atoms with Crippen LogP contribution in [0.2, 0.25) is 0 Å². The van der Waals surface area contributed by atoms with E-state index in [9.17, 15) is 9.18 Å². The number of hydrogen-bond acceptors (Lipinski definition) is 1. The van der Waals surface area contributed by atoms with Gasteiger partial charge in [0.25, 0.3) is 0 Å². The minimum atomic E-state index is -0.406. The monoisotopic (exact) mass is 183 g/mol. The van der Waals surface area contributed by atoms with Crippen LogP contribution in [0.3, 0.4) is 0 Å². The number of halogens is 1. The van der Waals surface area contributed by atoms with Crippen LogP contribution in [-0.2, 0) is 4.79 Å². The summed E-state index contributed by atoms with van der Waals surface area (Å²) in [6, 6.07) is 6.12. The van der Waals surface area contributed by atoms with Crippen LogP contribution in [0.25, 0.3) is 0 Å². The maximum Gasteiger partial charge on any atom is 0.227 e. The molecule has 0 saturated heterocycles. The van der Waals surface area contributed by atoms with Crippen molar-refractivity contribution in [3.63, 3.8) is 0 Å². The standard InChI is InChI=1S/C10H12FNO.H2/c1-7(2)10(13)12-9-6-4-3-5-8(9)11;/h3-7H,1-2H3,(H,12,13);1H. The molecule has 72 valence electrons. The lowest BCUT2D eigenvalue weighted by Gasteiger charge is -2.07. The second kappa shape index (κ2) is 4.03. The molecule has 0 fully saturated rings. The van der Waals surface area contributed by atoms with E-state index < -0.39 is 5.82 Å². The van der Waals surface area contributed by atoms with Gasteiger partial charge >= 0.3 is 0 Å². The largest absolute Gasteiger partial charge is 0.323 e. The summed E-state index contributed by atoms with van der Waals surface area (Å²) in [6.45, 7) is 3.52. The molecule has 0 unspecified atom stereocenters. The van der Waals surface area contributed by atoms with Gasteiger partial charge in [0.05, 0.1) is 5.69 Å². The second-order valence-corrected chi connectivity index (χ2v) is 3.12. The van der Waals surface area contributed by atoms with Gasteiger partial charge < -0.3 is 5.32 Å². The molecule has 0 bridgehead atoms. The summed E-state index contributed by atoms with van der Waals surface area (Å²) in [5.41, 5.74) is 0.237. The summed E-state index contributed by atoms with van der Waals surface area (Å²) in [7, 11) is 0. The molecule has 1 aromatic carbocycles. The molecular weight excluding hydrogens is 169 g/mol. The summed E-state index contributed by atoms with van der Waals surface area (Å²) in [4.78, 5) is 11.2. The number of hydrogen-bond donors (Lipinski definition) is 1. The maximum atomic E-state index is 13.0. The van der Waals surface area contributed by atoms with Gasteiger partial charge in [0.2, 0.25) is 5.91 Å². The van der Waals surface area contributed by atoms with Gasteiger partial charge in [-0.2, -0.15) is 0 Å². The van der Waals surface area contributed by atoms with Crippen molar-refractivity contribution in [2.45, 2.75) is 13.8 Å². The maximum absolute atomic E-state index is 13.0. The normalized spacial score (nSPS) is 10.2. The van der Waals surface area contributed by atoms with Crippen LogP contribution in [0.1, 0.15) is 15.3 Å². The number of carbonyl (C=O) groups is 1. The molecule has 0 atom stereocenters. The Labute approximate surface area is 78.3 Å². The van der Waals surface area contributed by atoms with Crippen LogP contribution in [0, 0.1) is 11.7 Å². The summed E-state index contributed by atoms with van der Waals surface area (Å²) in [5.74, 6) is -0.721. The number of anilines is 1. The Bertz CT molecular complexity index is 315. The quantitative estimate of drug-likeness (QED) is 0.750. The van der Waals surface area contributed by atoms with Gasteiger partial charge in [-0.25, -0.2) is 4.39 Å². The fourth-order valence-electron chi connectivity index (χ4n) is 0.840. The minimum absolute atomic E-state index is 0. The third-order valence-electron chi connectivity index (χ3n) is 1.66. The first-order valence-corrected chi connectivity index (χ1v) is 4.16. The number of para-hydroxylation sites is 1. The van der Waals surface area contributed by atoms with Crippen molar-refractivity contribution in [1.82, 2.24) is 0 Å². The Balaban J connectivity index is 0.00000169. The van der Waals surface area contributed by atoms with Crippen LogP contribution in [-0.4, -0.2) is 5.91 Å². The highest BCUT2D eigenvalue weighted by atomic mass is 19.1. The Morgan fingerprint density at radius 3 is 2.62 bits per heavy atom. The van der Waals surface area contributed by atoms with Crippen molar-refractivity contribution in [2.24, 2.45) is 5.92 Å². The lowest BCUT2D eigenvalue weighted by atomic mass is 10.2. The average molecular weight is 183 g/mol. The number of benzene rings is 1. The first-order valence-electron chi connectivity index (χ1n) is 4.16. The van der Waals surface area contributed by atoms with Crippen LogP contribution in [0.15, 0.2) is 24.3 Å². The van der Waals surface area contributed by atoms with Crippen molar-refractivity contribution in [3.8, 4) is 0 Å². The molecule has 2 nitrogen and oxygen atoms in total. The van der Waals surface area contributed by atoms with Gasteiger partial charge in [-0.05, 0) is 12.1 Å². The highest BCUT2D eigenvalue weighted by Gasteiger charge is 2.08. The predicted molar refractivity (Wildman–Crippen MR) is 52.0 cm³/mol. The van der Waals surface area contributed by atoms with Gasteiger partial charge in [-0.3, -0.25) is 4.79 Å². The SMILES string of the molecule is CC(C)C(=O)Nc1ccccc1F.[HH]. The summed E-state index contributed by atoms with van der Waals surface area (Å²) in [5, 5.41) is 2.50. The highest BCUT2D eigenvalue weighted by Crippen LogP contribution is 2.13. The molecule has 0 aliphatic carbocycles. The number of carbonyl (C=O) groups excluding carboxylic acids is 1. The first kappa shape index (κ1) is 9.71. The van der Waals surface area contributed by atoms with E-state index >= 15 is 0 Å². The Kier molecular flexibility index (Phi) is 3.01. The van der Waals surface area contributed by atoms with E-state index in [-0.39, 0.29) is 18.9 Å². The van der Waals surface area contributed by atoms with Gasteiger partial charge in [-0.1, -0.05) is 26.0 Å². The van der Waals surface area contributed by atoms with E-state index in [0.29, 0.717) is 0 Å². The zero-order valence-electron chi connectivity index (χ0n) is 7.67. The van der Waals surface area contributed by atoms with E-state index in [1.54, 1.807) is 26.0 Å². The number of nitrogens with one attached hydrogen (secondary N) is 1. The Hall–Kier alpha value is -1.38. The molecule has 0 aromatic heterocycles. The van der Waals surface area contributed by atoms with E-state index in [0.717, 1.165) is 0 Å². The van der Waals surface area contributed by atoms with Gasteiger partial charge in [0, 0.05) is 7.34 Å². The molecule has 1 aromatic rings. The predicted octanol–water partition coefficient (Wildman–Crippen LogP) is 2.67. The van der Waals surface area contributed by atoms with Gasteiger partial charge in [0.1, 0.15) is 5.82 Å². The summed E-state index contributed by atoms with van der Waals surface area (Å²) >= 11 is 0. The third-order valence-corrected chi connectivity index (χ3v) is 1.66. The molecule has 13 heavy (non-hydrogen) atoms. The van der Waals surface area contributed by atoms with E-state index in [2.05, 4.69) is 5.32 Å². The first-order chi connectivity index (χ1) is 6.11. The average Bonchev–Trinajstić information content (AvgIpc) is 2.08. The lowest BCUT2D eigenvalue weighted by Crippen LogP contribution is -2.18. The van der Waals surface area contributed by atoms with Crippen molar-refractivity contribution in [3.05, 3.63) is 30.1 Å². The van der Waals surface area contributed by atoms with Gasteiger partial charge in [-0.15, -0.1) is 0 Å². The van der Waals surface area contributed by atoms with Gasteiger partial charge in [0.15, 0.2) is 0 Å². The Morgan fingerprint density at radius 1 is 1.46 bits per heavy atom. The fraction of sp³-hybridized carbons (Fsp3) is 0.300. The smallest absolute Gasteiger partial charge is 0.227 e. The van der Waals surface area contributed by atoms with E-state index in [1.165, 1.54) is 12.1 Å². The molecule has 0 heterocycles. The van der Waals surface area contributed by atoms with Crippen molar-refractivity contribution in [2.75, 3.05) is 5.32 Å². The van der Waals surface area contributed by atoms with Crippen LogP contribution in [0.4, 0.5) is 10.1 Å². The molecule has 3 heteroatoms. The van der Waals surface area contributed by atoms with E-state index in [4.69, 9.17) is 0 Å². The van der Waals surface area contributed by atoms with Crippen molar-refractivity contribution in [1.29, 1.82) is 0 Å². The van der Waals surface area contributed by atoms with Crippen LogP contribution < -0.4 is 5.32 Å². The molecule has 0 aliphatic heterocycles. The van der Waals surface area contributed by atoms with Crippen molar-refractivity contribution < 1.29 is 10.6 Å². The van der Waals surface area contributed by atoms with Crippen LogP contribution >= 0.6 is 0 Å². The molecule has 1 rings (SSSR count). The molecule has 0 spiro atoms. The Morgan fingerprint density at radius 2 is 2.08 bits per heavy atom. The minimum Gasteiger partial charge on any atom is -0.323 e. The van der Waals surface area contributed by atoms with Crippen molar-refractivity contribution >= 4 is 11.6 Å². The molecule has 0 aliphatic rings. The molecule has 1 amide bonds. The number of amides is 1. The zero-order chi connectivity index (χ0) is 9.84. The zero-order valence-corrected chi connectivity index (χ0v) is 7.67. The molecule has 0 saturated carbocycles. The van der Waals surface area contributed by atoms with Crippen LogP contribution in [0.5, 0.6) is 0 Å². The second-order valence-electron chi connectivity index (χ2n) is 3.12. The lowest BCUT2D eigenvalue weighted by molar-refractivity contribution is -0.118.